The summed E-state index contributed by atoms with van der Waals surface area (Å²) in [5.41, 5.74) is 0.347. The van der Waals surface area contributed by atoms with Gasteiger partial charge >= 0.3 is 5.97 Å². The van der Waals surface area contributed by atoms with Crippen LogP contribution in [0.3, 0.4) is 0 Å². The standard InChI is InChI=1S/C13H15N3O2S/c1-3-10(11-5-4-6-19-11)16-12-9(13(17)18-2)7-14-8-15-12/h4-8,10H,3H2,1-2H3,(H,14,15,16). The SMILES string of the molecule is CCC(Nc1ncncc1C(=O)OC)c1cccs1. The minimum absolute atomic E-state index is 0.123. The summed E-state index contributed by atoms with van der Waals surface area (Å²) in [6.45, 7) is 2.08. The highest BCUT2D eigenvalue weighted by atomic mass is 32.1. The van der Waals surface area contributed by atoms with Crippen LogP contribution in [0.15, 0.2) is 30.0 Å². The zero-order valence-corrected chi connectivity index (χ0v) is 11.6. The first kappa shape index (κ1) is 13.5. The molecule has 0 aliphatic carbocycles. The summed E-state index contributed by atoms with van der Waals surface area (Å²) in [5, 5.41) is 5.30. The van der Waals surface area contributed by atoms with Gasteiger partial charge in [0, 0.05) is 11.1 Å². The molecule has 0 saturated heterocycles. The molecule has 0 spiro atoms. The van der Waals surface area contributed by atoms with Crippen LogP contribution >= 0.6 is 11.3 Å². The average molecular weight is 277 g/mol. The summed E-state index contributed by atoms with van der Waals surface area (Å²) >= 11 is 1.67. The lowest BCUT2D eigenvalue weighted by molar-refractivity contribution is 0.0601. The van der Waals surface area contributed by atoms with Crippen LogP contribution in [0.1, 0.15) is 34.6 Å². The van der Waals surface area contributed by atoms with Gasteiger partial charge in [0.05, 0.1) is 13.2 Å². The van der Waals surface area contributed by atoms with Crippen LogP contribution in [-0.4, -0.2) is 23.0 Å². The number of carbonyl (C=O) groups is 1. The number of thiophene rings is 1. The number of anilines is 1. The minimum Gasteiger partial charge on any atom is -0.465 e. The van der Waals surface area contributed by atoms with Gasteiger partial charge in [-0.3, -0.25) is 0 Å². The summed E-state index contributed by atoms with van der Waals surface area (Å²) < 4.78 is 4.73. The zero-order chi connectivity index (χ0) is 13.7. The molecule has 2 rings (SSSR count). The molecule has 0 aliphatic rings. The van der Waals surface area contributed by atoms with E-state index >= 15 is 0 Å². The number of hydrogen-bond donors (Lipinski definition) is 1. The normalized spacial score (nSPS) is 11.9. The van der Waals surface area contributed by atoms with Gasteiger partial charge in [0.15, 0.2) is 0 Å². The third-order valence-corrected chi connectivity index (χ3v) is 3.71. The Morgan fingerprint density at radius 3 is 3.05 bits per heavy atom. The largest absolute Gasteiger partial charge is 0.465 e. The third-order valence-electron chi connectivity index (χ3n) is 2.72. The van der Waals surface area contributed by atoms with Gasteiger partial charge in [0.1, 0.15) is 17.7 Å². The van der Waals surface area contributed by atoms with Crippen molar-refractivity contribution in [3.8, 4) is 0 Å². The summed E-state index contributed by atoms with van der Waals surface area (Å²) in [6.07, 6.45) is 3.77. The smallest absolute Gasteiger partial charge is 0.343 e. The Morgan fingerprint density at radius 2 is 2.42 bits per heavy atom. The lowest BCUT2D eigenvalue weighted by Gasteiger charge is -2.17. The van der Waals surface area contributed by atoms with Crippen LogP contribution in [-0.2, 0) is 4.74 Å². The van der Waals surface area contributed by atoms with E-state index in [1.165, 1.54) is 24.5 Å². The zero-order valence-electron chi connectivity index (χ0n) is 10.8. The number of esters is 1. The second-order valence-electron chi connectivity index (χ2n) is 3.90. The highest BCUT2D eigenvalue weighted by Crippen LogP contribution is 2.26. The number of methoxy groups -OCH3 is 1. The molecule has 0 saturated carbocycles. The first-order valence-corrected chi connectivity index (χ1v) is 6.82. The molecular weight excluding hydrogens is 262 g/mol. The number of carbonyl (C=O) groups excluding carboxylic acids is 1. The van der Waals surface area contributed by atoms with Crippen molar-refractivity contribution in [1.82, 2.24) is 9.97 Å². The lowest BCUT2D eigenvalue weighted by Crippen LogP contribution is -2.14. The van der Waals surface area contributed by atoms with Crippen LogP contribution in [0.2, 0.25) is 0 Å². The van der Waals surface area contributed by atoms with Crippen LogP contribution in [0.25, 0.3) is 0 Å². The first-order valence-electron chi connectivity index (χ1n) is 5.94. The van der Waals surface area contributed by atoms with E-state index in [1.807, 2.05) is 11.4 Å². The van der Waals surface area contributed by atoms with E-state index < -0.39 is 5.97 Å². The van der Waals surface area contributed by atoms with Gasteiger partial charge in [0.2, 0.25) is 0 Å². The number of ether oxygens (including phenoxy) is 1. The summed E-state index contributed by atoms with van der Waals surface area (Å²) in [5.74, 6) is 0.0613. The molecule has 0 amide bonds. The predicted molar refractivity (Wildman–Crippen MR) is 74.3 cm³/mol. The molecule has 0 bridgehead atoms. The maximum Gasteiger partial charge on any atom is 0.343 e. The van der Waals surface area contributed by atoms with Gasteiger partial charge in [-0.05, 0) is 17.9 Å². The van der Waals surface area contributed by atoms with Gasteiger partial charge in [0.25, 0.3) is 0 Å². The Morgan fingerprint density at radius 1 is 1.58 bits per heavy atom. The molecule has 5 nitrogen and oxygen atoms in total. The molecule has 1 N–H and O–H groups in total. The Hall–Kier alpha value is -1.95. The quantitative estimate of drug-likeness (QED) is 0.851. The molecule has 0 radical (unpaired) electrons. The number of nitrogens with one attached hydrogen (secondary N) is 1. The van der Waals surface area contributed by atoms with Crippen LogP contribution in [0.4, 0.5) is 5.82 Å². The fourth-order valence-electron chi connectivity index (χ4n) is 1.73. The fraction of sp³-hybridized carbons (Fsp3) is 0.308. The van der Waals surface area contributed by atoms with Crippen LogP contribution in [0.5, 0.6) is 0 Å². The second-order valence-corrected chi connectivity index (χ2v) is 4.88. The molecule has 2 aromatic rings. The number of hydrogen-bond acceptors (Lipinski definition) is 6. The van der Waals surface area contributed by atoms with Crippen molar-refractivity contribution >= 4 is 23.1 Å². The molecule has 2 aromatic heterocycles. The highest BCUT2D eigenvalue weighted by Gasteiger charge is 2.17. The van der Waals surface area contributed by atoms with Gasteiger partial charge in [-0.2, -0.15) is 0 Å². The van der Waals surface area contributed by atoms with Crippen molar-refractivity contribution in [1.29, 1.82) is 0 Å². The molecule has 19 heavy (non-hydrogen) atoms. The average Bonchev–Trinajstić information content (AvgIpc) is 2.98. The van der Waals surface area contributed by atoms with E-state index in [2.05, 4.69) is 28.3 Å². The second kappa shape index (κ2) is 6.29. The van der Waals surface area contributed by atoms with E-state index in [4.69, 9.17) is 4.74 Å². The Labute approximate surface area is 115 Å². The number of aromatic nitrogens is 2. The van der Waals surface area contributed by atoms with Crippen molar-refractivity contribution in [3.05, 3.63) is 40.5 Å². The molecule has 0 fully saturated rings. The predicted octanol–water partition coefficient (Wildman–Crippen LogP) is 2.89. The van der Waals surface area contributed by atoms with E-state index in [-0.39, 0.29) is 6.04 Å². The highest BCUT2D eigenvalue weighted by molar-refractivity contribution is 7.10. The van der Waals surface area contributed by atoms with Gasteiger partial charge < -0.3 is 10.1 Å². The van der Waals surface area contributed by atoms with Crippen LogP contribution in [0, 0.1) is 0 Å². The molecule has 2 heterocycles. The van der Waals surface area contributed by atoms with Crippen molar-refractivity contribution in [2.75, 3.05) is 12.4 Å². The van der Waals surface area contributed by atoms with Gasteiger partial charge in [-0.25, -0.2) is 14.8 Å². The maximum atomic E-state index is 11.7. The fourth-order valence-corrected chi connectivity index (χ4v) is 2.59. The van der Waals surface area contributed by atoms with Crippen molar-refractivity contribution in [3.63, 3.8) is 0 Å². The lowest BCUT2D eigenvalue weighted by atomic mass is 10.2. The summed E-state index contributed by atoms with van der Waals surface area (Å²) in [4.78, 5) is 20.8. The Balaban J connectivity index is 2.25. The first-order chi connectivity index (χ1) is 9.26. The monoisotopic (exact) mass is 277 g/mol. The van der Waals surface area contributed by atoms with Crippen molar-refractivity contribution in [2.24, 2.45) is 0 Å². The third kappa shape index (κ3) is 3.08. The van der Waals surface area contributed by atoms with Gasteiger partial charge in [-0.1, -0.05) is 13.0 Å². The van der Waals surface area contributed by atoms with Crippen molar-refractivity contribution in [2.45, 2.75) is 19.4 Å². The van der Waals surface area contributed by atoms with E-state index in [1.54, 1.807) is 11.3 Å². The Bertz CT molecular complexity index is 543. The molecule has 1 unspecified atom stereocenters. The molecular formula is C13H15N3O2S. The molecule has 6 heteroatoms. The maximum absolute atomic E-state index is 11.7. The number of nitrogens with zero attached hydrogens (tertiary/aromatic N) is 2. The van der Waals surface area contributed by atoms with Gasteiger partial charge in [-0.15, -0.1) is 11.3 Å². The molecule has 0 aliphatic heterocycles. The van der Waals surface area contributed by atoms with E-state index in [0.717, 1.165) is 6.42 Å². The topological polar surface area (TPSA) is 64.1 Å². The summed E-state index contributed by atoms with van der Waals surface area (Å²) in [7, 11) is 1.34. The number of rotatable bonds is 5. The summed E-state index contributed by atoms with van der Waals surface area (Å²) in [6, 6.07) is 4.19. The molecule has 0 aromatic carbocycles. The molecule has 100 valence electrons. The van der Waals surface area contributed by atoms with E-state index in [9.17, 15) is 4.79 Å². The van der Waals surface area contributed by atoms with Crippen LogP contribution < -0.4 is 5.32 Å². The van der Waals surface area contributed by atoms with Crippen molar-refractivity contribution < 1.29 is 9.53 Å². The molecule has 1 atom stereocenters. The van der Waals surface area contributed by atoms with E-state index in [0.29, 0.717) is 11.4 Å². The Kier molecular flexibility index (Phi) is 4.46. The minimum atomic E-state index is -0.441.